The van der Waals surface area contributed by atoms with Gasteiger partial charge in [-0.3, -0.25) is 10.3 Å². The van der Waals surface area contributed by atoms with Crippen LogP contribution in [0.5, 0.6) is 5.75 Å². The number of nitrogens with zero attached hydrogens (tertiary/aromatic N) is 1. The number of carbonyl (C=O) groups excluding carboxylic acids is 1. The van der Waals surface area contributed by atoms with E-state index in [2.05, 4.69) is 15.3 Å². The Morgan fingerprint density at radius 2 is 1.74 bits per heavy atom. The van der Waals surface area contributed by atoms with E-state index in [9.17, 15) is 9.90 Å². The molecule has 2 aromatic heterocycles. The van der Waals surface area contributed by atoms with Crippen LogP contribution in [0.15, 0.2) is 97.2 Å². The van der Waals surface area contributed by atoms with E-state index in [1.54, 1.807) is 6.07 Å². The molecule has 0 spiro atoms. The number of carbonyl (C=O) groups is 1. The second-order valence-electron chi connectivity index (χ2n) is 9.03. The molecule has 0 aliphatic rings. The molecule has 7 heteroatoms. The van der Waals surface area contributed by atoms with E-state index in [4.69, 9.17) is 9.47 Å². The van der Waals surface area contributed by atoms with Crippen LogP contribution in [0, 0.1) is 0 Å². The third kappa shape index (κ3) is 6.26. The highest BCUT2D eigenvalue weighted by molar-refractivity contribution is 5.94. The standard InChI is InChI=1S/C31H29N3O4/c1-37-31(36)29-16-25-15-22(7-14-28(25)34-29)20-38-27-12-9-23(10-13-27)24-8-11-26(32-19-24)17-30(35)33-18-21-5-3-2-4-6-21/h2-16,19,30,33-35H,17-18,20H2,1H3. The van der Waals surface area contributed by atoms with Crippen molar-refractivity contribution in [1.82, 2.24) is 15.3 Å². The Kier molecular flexibility index (Phi) is 7.78. The lowest BCUT2D eigenvalue weighted by molar-refractivity contribution is 0.0595. The van der Waals surface area contributed by atoms with Gasteiger partial charge in [0.1, 0.15) is 24.3 Å². The fraction of sp³-hybridized carbons (Fsp3) is 0.161. The van der Waals surface area contributed by atoms with Gasteiger partial charge in [0.05, 0.1) is 7.11 Å². The van der Waals surface area contributed by atoms with Gasteiger partial charge in [0, 0.05) is 41.3 Å². The van der Waals surface area contributed by atoms with Gasteiger partial charge in [-0.1, -0.05) is 54.6 Å². The zero-order valence-electron chi connectivity index (χ0n) is 21.1. The van der Waals surface area contributed by atoms with Crippen LogP contribution in [0.1, 0.15) is 27.3 Å². The molecule has 1 unspecified atom stereocenters. The number of hydrogen-bond donors (Lipinski definition) is 3. The van der Waals surface area contributed by atoms with E-state index in [0.717, 1.165) is 44.6 Å². The lowest BCUT2D eigenvalue weighted by atomic mass is 10.1. The maximum absolute atomic E-state index is 11.7. The van der Waals surface area contributed by atoms with Crippen LogP contribution in [-0.4, -0.2) is 34.4 Å². The average Bonchev–Trinajstić information content (AvgIpc) is 3.39. The van der Waals surface area contributed by atoms with Crippen molar-refractivity contribution in [2.45, 2.75) is 25.8 Å². The molecule has 0 aliphatic heterocycles. The number of fused-ring (bicyclic) bond motifs is 1. The normalized spacial score (nSPS) is 11.8. The number of hydrogen-bond acceptors (Lipinski definition) is 6. The highest BCUT2D eigenvalue weighted by atomic mass is 16.5. The summed E-state index contributed by atoms with van der Waals surface area (Å²) in [5, 5.41) is 14.4. The summed E-state index contributed by atoms with van der Waals surface area (Å²) in [5.74, 6) is 0.368. The Balaban J connectivity index is 1.14. The number of benzene rings is 3. The summed E-state index contributed by atoms with van der Waals surface area (Å²) in [5.41, 5.74) is 6.26. The van der Waals surface area contributed by atoms with Crippen LogP contribution in [-0.2, 0) is 24.3 Å². The molecule has 1 atom stereocenters. The van der Waals surface area contributed by atoms with Crippen molar-refractivity contribution in [1.29, 1.82) is 0 Å². The number of aliphatic hydroxyl groups excluding tert-OH is 1. The number of aliphatic hydroxyl groups is 1. The van der Waals surface area contributed by atoms with E-state index in [1.807, 2.05) is 91.1 Å². The first-order valence-electron chi connectivity index (χ1n) is 12.4. The van der Waals surface area contributed by atoms with Gasteiger partial charge in [0.2, 0.25) is 0 Å². The second-order valence-corrected chi connectivity index (χ2v) is 9.03. The molecule has 3 aromatic carbocycles. The van der Waals surface area contributed by atoms with Gasteiger partial charge in [0.25, 0.3) is 0 Å². The summed E-state index contributed by atoms with van der Waals surface area (Å²) in [6.07, 6.45) is 1.58. The van der Waals surface area contributed by atoms with Crippen molar-refractivity contribution in [3.05, 3.63) is 120 Å². The lowest BCUT2D eigenvalue weighted by Gasteiger charge is -2.13. The van der Waals surface area contributed by atoms with Gasteiger partial charge in [-0.15, -0.1) is 0 Å². The molecule has 2 heterocycles. The zero-order valence-corrected chi connectivity index (χ0v) is 21.1. The molecule has 3 N–H and O–H groups in total. The molecule has 0 saturated carbocycles. The van der Waals surface area contributed by atoms with Crippen molar-refractivity contribution in [3.8, 4) is 16.9 Å². The average molecular weight is 508 g/mol. The number of aromatic nitrogens is 2. The molecule has 0 aliphatic carbocycles. The molecule has 192 valence electrons. The largest absolute Gasteiger partial charge is 0.489 e. The zero-order chi connectivity index (χ0) is 26.3. The summed E-state index contributed by atoms with van der Waals surface area (Å²) in [6, 6.07) is 29.5. The summed E-state index contributed by atoms with van der Waals surface area (Å²) >= 11 is 0. The van der Waals surface area contributed by atoms with Gasteiger partial charge >= 0.3 is 5.97 Å². The highest BCUT2D eigenvalue weighted by Gasteiger charge is 2.10. The molecule has 0 amide bonds. The second kappa shape index (κ2) is 11.7. The van der Waals surface area contributed by atoms with Gasteiger partial charge in [-0.25, -0.2) is 4.79 Å². The first kappa shape index (κ1) is 25.2. The smallest absolute Gasteiger partial charge is 0.354 e. The van der Waals surface area contributed by atoms with Crippen LogP contribution < -0.4 is 10.1 Å². The van der Waals surface area contributed by atoms with Crippen molar-refractivity contribution < 1.29 is 19.4 Å². The molecular weight excluding hydrogens is 478 g/mol. The van der Waals surface area contributed by atoms with Crippen LogP contribution >= 0.6 is 0 Å². The summed E-state index contributed by atoms with van der Waals surface area (Å²) in [4.78, 5) is 19.3. The summed E-state index contributed by atoms with van der Waals surface area (Å²) < 4.78 is 10.7. The van der Waals surface area contributed by atoms with E-state index >= 15 is 0 Å². The minimum Gasteiger partial charge on any atom is -0.489 e. The number of rotatable bonds is 10. The number of methoxy groups -OCH3 is 1. The lowest BCUT2D eigenvalue weighted by Crippen LogP contribution is -2.30. The number of H-pyrrole nitrogens is 1. The van der Waals surface area contributed by atoms with E-state index in [-0.39, 0.29) is 0 Å². The van der Waals surface area contributed by atoms with Crippen LogP contribution in [0.25, 0.3) is 22.0 Å². The maximum Gasteiger partial charge on any atom is 0.354 e. The Hall–Kier alpha value is -4.46. The number of aromatic amines is 1. The number of esters is 1. The Morgan fingerprint density at radius 1 is 0.947 bits per heavy atom. The van der Waals surface area contributed by atoms with E-state index in [0.29, 0.717) is 25.3 Å². The fourth-order valence-corrected chi connectivity index (χ4v) is 4.22. The molecule has 5 aromatic rings. The Morgan fingerprint density at radius 3 is 2.47 bits per heavy atom. The van der Waals surface area contributed by atoms with Gasteiger partial charge in [-0.05, 0) is 53.1 Å². The molecule has 7 nitrogen and oxygen atoms in total. The minimum atomic E-state index is -0.669. The summed E-state index contributed by atoms with van der Waals surface area (Å²) in [6.45, 7) is 1.01. The van der Waals surface area contributed by atoms with Crippen molar-refractivity contribution in [3.63, 3.8) is 0 Å². The van der Waals surface area contributed by atoms with Crippen molar-refractivity contribution in [2.24, 2.45) is 0 Å². The molecule has 0 radical (unpaired) electrons. The van der Waals surface area contributed by atoms with Gasteiger partial charge in [0.15, 0.2) is 0 Å². The van der Waals surface area contributed by atoms with Crippen LogP contribution in [0.4, 0.5) is 0 Å². The predicted molar refractivity (Wildman–Crippen MR) is 147 cm³/mol. The van der Waals surface area contributed by atoms with Gasteiger partial charge in [-0.2, -0.15) is 0 Å². The third-order valence-electron chi connectivity index (χ3n) is 6.30. The van der Waals surface area contributed by atoms with Crippen molar-refractivity contribution >= 4 is 16.9 Å². The van der Waals surface area contributed by atoms with Crippen molar-refractivity contribution in [2.75, 3.05) is 7.11 Å². The fourth-order valence-electron chi connectivity index (χ4n) is 4.22. The molecule has 38 heavy (non-hydrogen) atoms. The molecular formula is C31H29N3O4. The van der Waals surface area contributed by atoms with Crippen LogP contribution in [0.3, 0.4) is 0 Å². The SMILES string of the molecule is COC(=O)c1cc2cc(COc3ccc(-c4ccc(CC(O)NCc5ccccc5)nc4)cc3)ccc2[nH]1. The predicted octanol–water partition coefficient (Wildman–Crippen LogP) is 5.25. The minimum absolute atomic E-state index is 0.391. The Labute approximate surface area is 221 Å². The number of nitrogens with one attached hydrogen (secondary N) is 2. The first-order valence-corrected chi connectivity index (χ1v) is 12.4. The summed E-state index contributed by atoms with van der Waals surface area (Å²) in [7, 11) is 1.36. The molecule has 0 fully saturated rings. The maximum atomic E-state index is 11.7. The van der Waals surface area contributed by atoms with E-state index < -0.39 is 12.2 Å². The monoisotopic (exact) mass is 507 g/mol. The van der Waals surface area contributed by atoms with E-state index in [1.165, 1.54) is 7.11 Å². The number of pyridine rings is 1. The third-order valence-corrected chi connectivity index (χ3v) is 6.30. The van der Waals surface area contributed by atoms with Gasteiger partial charge < -0.3 is 19.6 Å². The molecule has 0 bridgehead atoms. The van der Waals surface area contributed by atoms with Crippen LogP contribution in [0.2, 0.25) is 0 Å². The molecule has 0 saturated heterocycles. The number of ether oxygens (including phenoxy) is 2. The Bertz CT molecular complexity index is 1500. The topological polar surface area (TPSA) is 96.5 Å². The highest BCUT2D eigenvalue weighted by Crippen LogP contribution is 2.24. The molecule has 5 rings (SSSR count). The quantitative estimate of drug-likeness (QED) is 0.177. The first-order chi connectivity index (χ1) is 18.6.